The van der Waals surface area contributed by atoms with Crippen LogP contribution in [0.5, 0.6) is 0 Å². The van der Waals surface area contributed by atoms with Crippen molar-refractivity contribution in [1.29, 1.82) is 0 Å². The maximum Gasteiger partial charge on any atom is 0.146 e. The molecule has 0 spiro atoms. The lowest BCUT2D eigenvalue weighted by Gasteiger charge is -1.74. The first-order chi connectivity index (χ1) is 4.89. The first-order valence-electron chi connectivity index (χ1n) is 2.81. The van der Waals surface area contributed by atoms with Crippen LogP contribution in [-0.4, -0.2) is 4.98 Å². The molecule has 1 rings (SSSR count). The van der Waals surface area contributed by atoms with Gasteiger partial charge >= 0.3 is 0 Å². The van der Waals surface area contributed by atoms with Gasteiger partial charge in [0.1, 0.15) is 4.34 Å². The molecule has 0 amide bonds. The number of rotatable bonds is 0. The molecular formula is C7H7NS2. The number of aromatic nitrogens is 1. The summed E-state index contributed by atoms with van der Waals surface area (Å²) in [5, 5.41) is 1.94. The second-order valence-electron chi connectivity index (χ2n) is 1.58. The molecule has 0 saturated carbocycles. The topological polar surface area (TPSA) is 12.9 Å². The molecule has 0 fully saturated rings. The summed E-state index contributed by atoms with van der Waals surface area (Å²) in [6.07, 6.45) is 1.72. The van der Waals surface area contributed by atoms with Crippen LogP contribution in [0.25, 0.3) is 0 Å². The van der Waals surface area contributed by atoms with Gasteiger partial charge in [-0.15, -0.1) is 24.0 Å². The van der Waals surface area contributed by atoms with Crippen molar-refractivity contribution in [2.75, 3.05) is 0 Å². The fourth-order valence-corrected chi connectivity index (χ4v) is 1.12. The molecule has 0 aliphatic carbocycles. The van der Waals surface area contributed by atoms with Crippen LogP contribution in [0.3, 0.4) is 0 Å². The van der Waals surface area contributed by atoms with Gasteiger partial charge in [0.05, 0.1) is 0 Å². The Bertz CT molecular complexity index is 219. The zero-order chi connectivity index (χ0) is 7.23. The van der Waals surface area contributed by atoms with Crippen LogP contribution in [0.15, 0.2) is 40.2 Å². The van der Waals surface area contributed by atoms with Gasteiger partial charge in [-0.1, -0.05) is 18.2 Å². The van der Waals surface area contributed by atoms with E-state index in [-0.39, 0.29) is 0 Å². The van der Waals surface area contributed by atoms with Crippen LogP contribution >= 0.6 is 24.0 Å². The van der Waals surface area contributed by atoms with Crippen molar-refractivity contribution in [2.45, 2.75) is 4.34 Å². The second kappa shape index (κ2) is 4.30. The van der Waals surface area contributed by atoms with Crippen LogP contribution in [-0.2, 0) is 0 Å². The Labute approximate surface area is 69.5 Å². The molecule has 0 unspecified atom stereocenters. The number of hydrogen-bond donors (Lipinski definition) is 1. The molecule has 1 nitrogen and oxygen atoms in total. The monoisotopic (exact) mass is 169 g/mol. The smallest absolute Gasteiger partial charge is 0.146 e. The minimum Gasteiger partial charge on any atom is -0.239 e. The Hall–Kier alpha value is -0.540. The first kappa shape index (κ1) is 7.57. The summed E-state index contributed by atoms with van der Waals surface area (Å²) in [6.45, 7) is 0. The average Bonchev–Trinajstić information content (AvgIpc) is 2.02. The van der Waals surface area contributed by atoms with E-state index < -0.39 is 0 Å². The van der Waals surface area contributed by atoms with Crippen molar-refractivity contribution in [3.63, 3.8) is 0 Å². The number of hydrogen-bond acceptors (Lipinski definition) is 3. The van der Waals surface area contributed by atoms with Gasteiger partial charge in [0.2, 0.25) is 0 Å². The van der Waals surface area contributed by atoms with Crippen LogP contribution in [0.1, 0.15) is 0 Å². The highest BCUT2D eigenvalue weighted by molar-refractivity contribution is 7.82. The van der Waals surface area contributed by atoms with E-state index in [4.69, 9.17) is 0 Å². The van der Waals surface area contributed by atoms with Gasteiger partial charge in [-0.2, -0.15) is 0 Å². The Morgan fingerprint density at radius 2 is 2.00 bits per heavy atom. The zero-order valence-electron chi connectivity index (χ0n) is 5.27. The number of nitrogens with zero attached hydrogens (tertiary/aromatic N) is 1. The molecule has 1 heterocycles. The fourth-order valence-electron chi connectivity index (χ4n) is 0.461. The predicted octanol–water partition coefficient (Wildman–Crippen LogP) is 2.56. The van der Waals surface area contributed by atoms with Crippen LogP contribution in [0.2, 0.25) is 0 Å². The molecule has 1 aromatic heterocycles. The third-order valence-electron chi connectivity index (χ3n) is 0.856. The van der Waals surface area contributed by atoms with Gasteiger partial charge in [-0.3, -0.25) is 0 Å². The number of thiol groups is 1. The Kier molecular flexibility index (Phi) is 3.26. The highest BCUT2D eigenvalue weighted by atomic mass is 32.2. The summed E-state index contributed by atoms with van der Waals surface area (Å²) in [7, 11) is 0. The molecule has 0 N–H and O–H groups in total. The first-order valence-corrected chi connectivity index (χ1v) is 4.14. The van der Waals surface area contributed by atoms with Crippen molar-refractivity contribution in [1.82, 2.24) is 4.98 Å². The molecule has 0 aliphatic rings. The van der Waals surface area contributed by atoms with Gasteiger partial charge in [-0.05, 0) is 11.4 Å². The molecule has 0 aromatic carbocycles. The lowest BCUT2D eigenvalue weighted by Crippen LogP contribution is -1.58. The molecular weight excluding hydrogens is 162 g/mol. The molecule has 52 valence electrons. The van der Waals surface area contributed by atoms with E-state index in [9.17, 15) is 0 Å². The SMILES string of the molecule is Sc1nccccccs1. The molecule has 0 saturated heterocycles. The van der Waals surface area contributed by atoms with E-state index >= 15 is 0 Å². The van der Waals surface area contributed by atoms with Crippen molar-refractivity contribution >= 4 is 24.0 Å². The standard InChI is InChI=1S/C7H7NS2/c9-7-8-5-3-1-2-4-6-10-7/h1-6H,(H,8,9). The van der Waals surface area contributed by atoms with Crippen molar-refractivity contribution < 1.29 is 0 Å². The Morgan fingerprint density at radius 3 is 2.90 bits per heavy atom. The lowest BCUT2D eigenvalue weighted by atomic mass is 10.5. The van der Waals surface area contributed by atoms with E-state index in [0.29, 0.717) is 0 Å². The third kappa shape index (κ3) is 2.85. The average molecular weight is 169 g/mol. The quantitative estimate of drug-likeness (QED) is 0.589. The van der Waals surface area contributed by atoms with Crippen molar-refractivity contribution in [2.24, 2.45) is 0 Å². The normalized spacial score (nSPS) is 8.50. The van der Waals surface area contributed by atoms with Crippen LogP contribution in [0.4, 0.5) is 0 Å². The maximum absolute atomic E-state index is 4.11. The molecule has 10 heavy (non-hydrogen) atoms. The van der Waals surface area contributed by atoms with Gasteiger partial charge in [0.15, 0.2) is 0 Å². The Balaban J connectivity index is 3.13. The minimum atomic E-state index is 0.760. The maximum atomic E-state index is 4.11. The van der Waals surface area contributed by atoms with Gasteiger partial charge < -0.3 is 0 Å². The molecule has 0 bridgehead atoms. The predicted molar refractivity (Wildman–Crippen MR) is 47.0 cm³/mol. The van der Waals surface area contributed by atoms with Crippen molar-refractivity contribution in [3.8, 4) is 0 Å². The van der Waals surface area contributed by atoms with Crippen molar-refractivity contribution in [3.05, 3.63) is 35.8 Å². The summed E-state index contributed by atoms with van der Waals surface area (Å²) in [6, 6.07) is 7.69. The summed E-state index contributed by atoms with van der Waals surface area (Å²) in [5.41, 5.74) is 0. The minimum absolute atomic E-state index is 0.760. The summed E-state index contributed by atoms with van der Waals surface area (Å²) in [5.74, 6) is 0. The highest BCUT2D eigenvalue weighted by Crippen LogP contribution is 2.03. The van der Waals surface area contributed by atoms with E-state index in [1.807, 2.05) is 29.6 Å². The molecule has 0 radical (unpaired) electrons. The van der Waals surface area contributed by atoms with E-state index in [2.05, 4.69) is 17.6 Å². The highest BCUT2D eigenvalue weighted by Gasteiger charge is 1.73. The Morgan fingerprint density at radius 1 is 1.20 bits per heavy atom. The van der Waals surface area contributed by atoms with Gasteiger partial charge in [0, 0.05) is 6.20 Å². The van der Waals surface area contributed by atoms with E-state index in [1.54, 1.807) is 6.20 Å². The third-order valence-corrected chi connectivity index (χ3v) is 1.90. The summed E-state index contributed by atoms with van der Waals surface area (Å²) < 4.78 is 0.760. The molecule has 1 aromatic rings. The van der Waals surface area contributed by atoms with E-state index in [1.165, 1.54) is 11.3 Å². The zero-order valence-corrected chi connectivity index (χ0v) is 6.98. The lowest BCUT2D eigenvalue weighted by molar-refractivity contribution is 1.24. The fraction of sp³-hybridized carbons (Fsp3) is 0. The largest absolute Gasteiger partial charge is 0.239 e. The van der Waals surface area contributed by atoms with Crippen LogP contribution < -0.4 is 0 Å². The van der Waals surface area contributed by atoms with Gasteiger partial charge in [-0.25, -0.2) is 4.98 Å². The van der Waals surface area contributed by atoms with E-state index in [0.717, 1.165) is 4.34 Å². The summed E-state index contributed by atoms with van der Waals surface area (Å²) in [4.78, 5) is 4.00. The molecule has 3 heteroatoms. The second-order valence-corrected chi connectivity index (χ2v) is 3.21. The molecule has 0 aliphatic heterocycles. The molecule has 0 atom stereocenters. The van der Waals surface area contributed by atoms with Crippen LogP contribution in [0, 0.1) is 0 Å². The summed E-state index contributed by atoms with van der Waals surface area (Å²) >= 11 is 5.61. The van der Waals surface area contributed by atoms with Gasteiger partial charge in [0.25, 0.3) is 0 Å².